The number of aliphatic hydroxyl groups is 1. The van der Waals surface area contributed by atoms with E-state index in [1.807, 2.05) is 25.1 Å². The molecule has 0 bridgehead atoms. The third kappa shape index (κ3) is 4.23. The van der Waals surface area contributed by atoms with Crippen molar-refractivity contribution in [3.05, 3.63) is 29.8 Å². The highest BCUT2D eigenvalue weighted by molar-refractivity contribution is 5.33. The number of para-hydroxylation sites is 1. The van der Waals surface area contributed by atoms with Gasteiger partial charge in [-0.25, -0.2) is 0 Å². The SMILES string of the molecule is CCCCc1ccccc1OCC(O)CC. The Balaban J connectivity index is 2.56. The Bertz CT molecular complexity index is 297. The van der Waals surface area contributed by atoms with Crippen LogP contribution in [0.2, 0.25) is 0 Å². The van der Waals surface area contributed by atoms with Crippen molar-refractivity contribution in [2.45, 2.75) is 45.6 Å². The molecule has 1 unspecified atom stereocenters. The second-order valence-corrected chi connectivity index (χ2v) is 4.08. The number of aliphatic hydroxyl groups excluding tert-OH is 1. The number of benzene rings is 1. The van der Waals surface area contributed by atoms with Gasteiger partial charge >= 0.3 is 0 Å². The fourth-order valence-electron chi connectivity index (χ4n) is 1.52. The fraction of sp³-hybridized carbons (Fsp3) is 0.571. The molecule has 0 radical (unpaired) electrons. The van der Waals surface area contributed by atoms with Crippen LogP contribution < -0.4 is 4.74 Å². The zero-order valence-corrected chi connectivity index (χ0v) is 10.3. The van der Waals surface area contributed by atoms with Gasteiger partial charge in [0.25, 0.3) is 0 Å². The number of unbranched alkanes of at least 4 members (excludes halogenated alkanes) is 1. The molecule has 0 amide bonds. The van der Waals surface area contributed by atoms with Crippen molar-refractivity contribution in [3.8, 4) is 5.75 Å². The quantitative estimate of drug-likeness (QED) is 0.767. The first-order valence-corrected chi connectivity index (χ1v) is 6.16. The van der Waals surface area contributed by atoms with E-state index in [2.05, 4.69) is 13.0 Å². The highest BCUT2D eigenvalue weighted by Crippen LogP contribution is 2.20. The smallest absolute Gasteiger partial charge is 0.122 e. The summed E-state index contributed by atoms with van der Waals surface area (Å²) in [5, 5.41) is 9.46. The van der Waals surface area contributed by atoms with Gasteiger partial charge in [0.1, 0.15) is 12.4 Å². The predicted octanol–water partition coefficient (Wildman–Crippen LogP) is 3.18. The van der Waals surface area contributed by atoms with Crippen LogP contribution in [-0.4, -0.2) is 17.8 Å². The van der Waals surface area contributed by atoms with Crippen molar-refractivity contribution in [2.24, 2.45) is 0 Å². The van der Waals surface area contributed by atoms with Gasteiger partial charge in [-0.1, -0.05) is 38.5 Å². The maximum Gasteiger partial charge on any atom is 0.122 e. The number of ether oxygens (including phenoxy) is 1. The standard InChI is InChI=1S/C14H22O2/c1-3-5-8-12-9-6-7-10-14(12)16-11-13(15)4-2/h6-7,9-10,13,15H,3-5,8,11H2,1-2H3. The van der Waals surface area contributed by atoms with Crippen LogP contribution >= 0.6 is 0 Å². The normalized spacial score (nSPS) is 12.4. The van der Waals surface area contributed by atoms with E-state index in [9.17, 15) is 5.11 Å². The lowest BCUT2D eigenvalue weighted by Gasteiger charge is -2.13. The summed E-state index contributed by atoms with van der Waals surface area (Å²) < 4.78 is 5.64. The Morgan fingerprint density at radius 2 is 2.00 bits per heavy atom. The van der Waals surface area contributed by atoms with Gasteiger partial charge in [0, 0.05) is 0 Å². The van der Waals surface area contributed by atoms with Crippen LogP contribution in [0.25, 0.3) is 0 Å². The molecule has 0 aromatic heterocycles. The predicted molar refractivity (Wildman–Crippen MR) is 66.8 cm³/mol. The highest BCUT2D eigenvalue weighted by Gasteiger charge is 2.05. The Morgan fingerprint density at radius 1 is 1.25 bits per heavy atom. The number of rotatable bonds is 7. The van der Waals surface area contributed by atoms with E-state index in [4.69, 9.17) is 4.74 Å². The Hall–Kier alpha value is -1.02. The van der Waals surface area contributed by atoms with Crippen molar-refractivity contribution in [2.75, 3.05) is 6.61 Å². The van der Waals surface area contributed by atoms with Gasteiger partial charge in [-0.3, -0.25) is 0 Å². The molecule has 0 heterocycles. The molecule has 0 saturated carbocycles. The number of aryl methyl sites for hydroxylation is 1. The molecule has 1 aromatic rings. The van der Waals surface area contributed by atoms with Gasteiger partial charge in [0.05, 0.1) is 6.10 Å². The minimum atomic E-state index is -0.362. The van der Waals surface area contributed by atoms with Crippen LogP contribution in [0, 0.1) is 0 Å². The average Bonchev–Trinajstić information content (AvgIpc) is 2.34. The van der Waals surface area contributed by atoms with Crippen LogP contribution in [0.4, 0.5) is 0 Å². The summed E-state index contributed by atoms with van der Waals surface area (Å²) in [4.78, 5) is 0. The van der Waals surface area contributed by atoms with Gasteiger partial charge in [-0.15, -0.1) is 0 Å². The van der Waals surface area contributed by atoms with E-state index in [1.54, 1.807) is 0 Å². The third-order valence-corrected chi connectivity index (χ3v) is 2.67. The molecule has 0 fully saturated rings. The summed E-state index contributed by atoms with van der Waals surface area (Å²) in [7, 11) is 0. The van der Waals surface area contributed by atoms with Gasteiger partial charge < -0.3 is 9.84 Å². The summed E-state index contributed by atoms with van der Waals surface area (Å²) in [6.07, 6.45) is 3.79. The Morgan fingerprint density at radius 3 is 2.69 bits per heavy atom. The first-order chi connectivity index (χ1) is 7.77. The van der Waals surface area contributed by atoms with Crippen molar-refractivity contribution in [3.63, 3.8) is 0 Å². The second kappa shape index (κ2) is 7.29. The lowest BCUT2D eigenvalue weighted by atomic mass is 10.1. The molecule has 0 saturated heterocycles. The van der Waals surface area contributed by atoms with Crippen LogP contribution in [0.1, 0.15) is 38.7 Å². The van der Waals surface area contributed by atoms with Crippen LogP contribution in [0.15, 0.2) is 24.3 Å². The molecule has 90 valence electrons. The summed E-state index contributed by atoms with van der Waals surface area (Å²) in [5.74, 6) is 0.920. The lowest BCUT2D eigenvalue weighted by Crippen LogP contribution is -2.16. The molecule has 16 heavy (non-hydrogen) atoms. The van der Waals surface area contributed by atoms with Crippen molar-refractivity contribution >= 4 is 0 Å². The molecule has 2 nitrogen and oxygen atoms in total. The lowest BCUT2D eigenvalue weighted by molar-refractivity contribution is 0.104. The largest absolute Gasteiger partial charge is 0.491 e. The van der Waals surface area contributed by atoms with E-state index in [-0.39, 0.29) is 6.10 Å². The topological polar surface area (TPSA) is 29.5 Å². The maximum absolute atomic E-state index is 9.46. The van der Waals surface area contributed by atoms with Crippen LogP contribution in [0.3, 0.4) is 0 Å². The van der Waals surface area contributed by atoms with Gasteiger partial charge in [0.2, 0.25) is 0 Å². The average molecular weight is 222 g/mol. The zero-order valence-electron chi connectivity index (χ0n) is 10.3. The molecule has 1 N–H and O–H groups in total. The van der Waals surface area contributed by atoms with E-state index in [0.29, 0.717) is 6.61 Å². The van der Waals surface area contributed by atoms with E-state index in [0.717, 1.165) is 18.6 Å². The van der Waals surface area contributed by atoms with Gasteiger partial charge in [-0.2, -0.15) is 0 Å². The summed E-state index contributed by atoms with van der Waals surface area (Å²) >= 11 is 0. The summed E-state index contributed by atoms with van der Waals surface area (Å²) in [6.45, 7) is 4.53. The fourth-order valence-corrected chi connectivity index (χ4v) is 1.52. The highest BCUT2D eigenvalue weighted by atomic mass is 16.5. The minimum Gasteiger partial charge on any atom is -0.491 e. The first-order valence-electron chi connectivity index (χ1n) is 6.16. The second-order valence-electron chi connectivity index (χ2n) is 4.08. The molecule has 0 aliphatic rings. The zero-order chi connectivity index (χ0) is 11.8. The Kier molecular flexibility index (Phi) is 5.94. The molecule has 1 aromatic carbocycles. The van der Waals surface area contributed by atoms with E-state index in [1.165, 1.54) is 18.4 Å². The molecule has 2 heteroatoms. The van der Waals surface area contributed by atoms with Gasteiger partial charge in [-0.05, 0) is 30.9 Å². The minimum absolute atomic E-state index is 0.362. The van der Waals surface area contributed by atoms with Crippen molar-refractivity contribution in [1.82, 2.24) is 0 Å². The van der Waals surface area contributed by atoms with Crippen LogP contribution in [-0.2, 0) is 6.42 Å². The maximum atomic E-state index is 9.46. The Labute approximate surface area is 98.3 Å². The molecule has 0 aliphatic heterocycles. The molecule has 1 rings (SSSR count). The van der Waals surface area contributed by atoms with Crippen molar-refractivity contribution in [1.29, 1.82) is 0 Å². The number of hydrogen-bond donors (Lipinski definition) is 1. The number of hydrogen-bond acceptors (Lipinski definition) is 2. The molecular weight excluding hydrogens is 200 g/mol. The monoisotopic (exact) mass is 222 g/mol. The third-order valence-electron chi connectivity index (χ3n) is 2.67. The summed E-state index contributed by atoms with van der Waals surface area (Å²) in [5.41, 5.74) is 1.24. The van der Waals surface area contributed by atoms with Gasteiger partial charge in [0.15, 0.2) is 0 Å². The molecule has 0 aliphatic carbocycles. The molecule has 0 spiro atoms. The molecular formula is C14H22O2. The summed E-state index contributed by atoms with van der Waals surface area (Å²) in [6, 6.07) is 8.09. The van der Waals surface area contributed by atoms with Crippen LogP contribution in [0.5, 0.6) is 5.75 Å². The van der Waals surface area contributed by atoms with E-state index >= 15 is 0 Å². The van der Waals surface area contributed by atoms with Crippen molar-refractivity contribution < 1.29 is 9.84 Å². The molecule has 1 atom stereocenters. The first kappa shape index (κ1) is 13.0. The van der Waals surface area contributed by atoms with E-state index < -0.39 is 0 Å².